The van der Waals surface area contributed by atoms with Crippen LogP contribution in [0.5, 0.6) is 0 Å². The van der Waals surface area contributed by atoms with Gasteiger partial charge in [0.1, 0.15) is 0 Å². The third-order valence-corrected chi connectivity index (χ3v) is 3.44. The Morgan fingerprint density at radius 1 is 1.00 bits per heavy atom. The fraction of sp³-hybridized carbons (Fsp3) is 0. The molecule has 0 saturated carbocycles. The highest BCUT2D eigenvalue weighted by Crippen LogP contribution is 2.23. The van der Waals surface area contributed by atoms with Crippen molar-refractivity contribution in [3.8, 4) is 10.4 Å². The highest BCUT2D eigenvalue weighted by atomic mass is 32.1. The van der Waals surface area contributed by atoms with Crippen LogP contribution in [0.1, 0.15) is 0 Å². The highest BCUT2D eigenvalue weighted by molar-refractivity contribution is 7.13. The van der Waals surface area contributed by atoms with Crippen molar-refractivity contribution in [3.63, 3.8) is 0 Å². The lowest BCUT2D eigenvalue weighted by Crippen LogP contribution is -1.98. The minimum atomic E-state index is 1.14. The van der Waals surface area contributed by atoms with E-state index < -0.39 is 0 Å². The molecule has 0 amide bonds. The fourth-order valence-electron chi connectivity index (χ4n) is 1.16. The number of benzene rings is 1. The summed E-state index contributed by atoms with van der Waals surface area (Å²) < 4.78 is 0. The van der Waals surface area contributed by atoms with E-state index in [9.17, 15) is 0 Å². The minimum Gasteiger partial charge on any atom is -0.144 e. The Bertz CT molecular complexity index is 348. The SMILES string of the molecule is [SiH3]c1ccc(-c2cccs2)cc1. The molecular formula is C10H10SSi. The van der Waals surface area contributed by atoms with Crippen molar-refractivity contribution in [2.45, 2.75) is 0 Å². The van der Waals surface area contributed by atoms with Gasteiger partial charge in [-0.05, 0) is 17.0 Å². The zero-order valence-electron chi connectivity index (χ0n) is 6.95. The van der Waals surface area contributed by atoms with Crippen LogP contribution in [-0.2, 0) is 0 Å². The van der Waals surface area contributed by atoms with Gasteiger partial charge in [-0.15, -0.1) is 11.3 Å². The summed E-state index contributed by atoms with van der Waals surface area (Å²) in [5, 5.41) is 3.57. The van der Waals surface area contributed by atoms with Gasteiger partial charge in [-0.25, -0.2) is 0 Å². The first-order valence-electron chi connectivity index (χ1n) is 3.97. The van der Waals surface area contributed by atoms with Crippen LogP contribution >= 0.6 is 11.3 Å². The molecule has 1 aromatic heterocycles. The molecule has 0 aliphatic rings. The number of hydrogen-bond donors (Lipinski definition) is 0. The highest BCUT2D eigenvalue weighted by Gasteiger charge is 1.95. The molecule has 0 spiro atoms. The molecule has 0 nitrogen and oxygen atoms in total. The van der Waals surface area contributed by atoms with Gasteiger partial charge in [-0.3, -0.25) is 0 Å². The Hall–Kier alpha value is -0.863. The normalized spacial score (nSPS) is 10.3. The summed E-state index contributed by atoms with van der Waals surface area (Å²) in [5.41, 5.74) is 1.34. The van der Waals surface area contributed by atoms with Crippen LogP contribution in [0.3, 0.4) is 0 Å². The number of thiophene rings is 1. The first-order valence-corrected chi connectivity index (χ1v) is 5.85. The van der Waals surface area contributed by atoms with E-state index in [1.807, 2.05) is 0 Å². The van der Waals surface area contributed by atoms with Gasteiger partial charge in [0.15, 0.2) is 0 Å². The Morgan fingerprint density at radius 2 is 1.75 bits per heavy atom. The maximum absolute atomic E-state index is 2.21. The molecule has 1 aromatic carbocycles. The monoisotopic (exact) mass is 190 g/mol. The van der Waals surface area contributed by atoms with Crippen LogP contribution in [0.2, 0.25) is 0 Å². The molecule has 2 rings (SSSR count). The van der Waals surface area contributed by atoms with Crippen molar-refractivity contribution in [2.75, 3.05) is 0 Å². The molecule has 0 saturated heterocycles. The van der Waals surface area contributed by atoms with Crippen molar-refractivity contribution < 1.29 is 0 Å². The lowest BCUT2D eigenvalue weighted by molar-refractivity contribution is 1.74. The van der Waals surface area contributed by atoms with Gasteiger partial charge >= 0.3 is 0 Å². The molecule has 12 heavy (non-hydrogen) atoms. The number of rotatable bonds is 1. The predicted octanol–water partition coefficient (Wildman–Crippen LogP) is 1.41. The Kier molecular flexibility index (Phi) is 2.10. The van der Waals surface area contributed by atoms with Gasteiger partial charge in [0.2, 0.25) is 0 Å². The van der Waals surface area contributed by atoms with E-state index in [2.05, 4.69) is 41.8 Å². The molecule has 0 atom stereocenters. The van der Waals surface area contributed by atoms with Crippen LogP contribution in [-0.4, -0.2) is 10.2 Å². The summed E-state index contributed by atoms with van der Waals surface area (Å²) in [6, 6.07) is 13.1. The van der Waals surface area contributed by atoms with Gasteiger partial charge in [0.25, 0.3) is 0 Å². The van der Waals surface area contributed by atoms with Gasteiger partial charge in [0.05, 0.1) is 0 Å². The standard InChI is InChI=1S/C10H10SSi/c12-9-5-3-8(4-6-9)10-2-1-7-11-10/h1-7H,12H3. The molecule has 1 heterocycles. The van der Waals surface area contributed by atoms with Crippen molar-refractivity contribution in [2.24, 2.45) is 0 Å². The van der Waals surface area contributed by atoms with Gasteiger partial charge in [-0.1, -0.05) is 35.5 Å². The van der Waals surface area contributed by atoms with Crippen LogP contribution in [0.15, 0.2) is 41.8 Å². The van der Waals surface area contributed by atoms with E-state index in [-0.39, 0.29) is 0 Å². The Morgan fingerprint density at radius 3 is 2.33 bits per heavy atom. The van der Waals surface area contributed by atoms with E-state index in [1.54, 1.807) is 11.3 Å². The van der Waals surface area contributed by atoms with E-state index in [0.29, 0.717) is 0 Å². The maximum atomic E-state index is 2.21. The van der Waals surface area contributed by atoms with Crippen molar-refractivity contribution in [3.05, 3.63) is 41.8 Å². The molecule has 0 fully saturated rings. The molecule has 60 valence electrons. The average molecular weight is 190 g/mol. The van der Waals surface area contributed by atoms with Crippen LogP contribution < -0.4 is 5.19 Å². The Labute approximate surface area is 79.3 Å². The zero-order valence-corrected chi connectivity index (χ0v) is 9.77. The summed E-state index contributed by atoms with van der Waals surface area (Å²) in [5.74, 6) is 0. The smallest absolute Gasteiger partial charge is 0.0384 e. The summed E-state index contributed by atoms with van der Waals surface area (Å²) in [7, 11) is 1.14. The quantitative estimate of drug-likeness (QED) is 0.596. The van der Waals surface area contributed by atoms with Gasteiger partial charge in [0, 0.05) is 15.1 Å². The van der Waals surface area contributed by atoms with Crippen LogP contribution in [0.4, 0.5) is 0 Å². The second-order valence-electron chi connectivity index (χ2n) is 2.84. The minimum absolute atomic E-state index is 1.14. The van der Waals surface area contributed by atoms with E-state index >= 15 is 0 Å². The second-order valence-corrected chi connectivity index (χ2v) is 4.95. The molecule has 0 aliphatic heterocycles. The first-order chi connectivity index (χ1) is 5.86. The molecule has 2 aromatic rings. The predicted molar refractivity (Wildman–Crippen MR) is 59.3 cm³/mol. The van der Waals surface area contributed by atoms with Gasteiger partial charge < -0.3 is 0 Å². The topological polar surface area (TPSA) is 0 Å². The van der Waals surface area contributed by atoms with Crippen molar-refractivity contribution in [1.82, 2.24) is 0 Å². The van der Waals surface area contributed by atoms with E-state index in [0.717, 1.165) is 10.2 Å². The molecule has 0 radical (unpaired) electrons. The lowest BCUT2D eigenvalue weighted by Gasteiger charge is -1.96. The van der Waals surface area contributed by atoms with Crippen LogP contribution in [0, 0.1) is 0 Å². The lowest BCUT2D eigenvalue weighted by atomic mass is 10.2. The molecule has 0 bridgehead atoms. The third kappa shape index (κ3) is 1.49. The number of hydrogen-bond acceptors (Lipinski definition) is 1. The summed E-state index contributed by atoms with van der Waals surface area (Å²) in [6.45, 7) is 0. The van der Waals surface area contributed by atoms with E-state index in [4.69, 9.17) is 0 Å². The summed E-state index contributed by atoms with van der Waals surface area (Å²) in [6.07, 6.45) is 0. The molecule has 2 heteroatoms. The van der Waals surface area contributed by atoms with Crippen molar-refractivity contribution in [1.29, 1.82) is 0 Å². The molecule has 0 N–H and O–H groups in total. The summed E-state index contributed by atoms with van der Waals surface area (Å²) >= 11 is 1.79. The van der Waals surface area contributed by atoms with Gasteiger partial charge in [-0.2, -0.15) is 0 Å². The fourth-order valence-corrected chi connectivity index (χ4v) is 2.23. The third-order valence-electron chi connectivity index (χ3n) is 1.86. The largest absolute Gasteiger partial charge is 0.144 e. The second kappa shape index (κ2) is 3.25. The maximum Gasteiger partial charge on any atom is 0.0384 e. The molecule has 0 unspecified atom stereocenters. The van der Waals surface area contributed by atoms with Crippen LogP contribution in [0.25, 0.3) is 10.4 Å². The van der Waals surface area contributed by atoms with E-state index in [1.165, 1.54) is 15.6 Å². The van der Waals surface area contributed by atoms with Crippen molar-refractivity contribution >= 4 is 26.8 Å². The zero-order chi connectivity index (χ0) is 8.39. The molecular weight excluding hydrogens is 180 g/mol. The first kappa shape index (κ1) is 7.77. The summed E-state index contributed by atoms with van der Waals surface area (Å²) in [4.78, 5) is 1.36. The average Bonchev–Trinajstić information content (AvgIpc) is 2.58. The molecule has 0 aliphatic carbocycles. The Balaban J connectivity index is 2.43.